The van der Waals surface area contributed by atoms with Gasteiger partial charge in [-0.25, -0.2) is 4.98 Å². The molecule has 1 aliphatic rings. The molecule has 2 heterocycles. The lowest BCUT2D eigenvalue weighted by Gasteiger charge is -2.23. The van der Waals surface area contributed by atoms with Gasteiger partial charge in [-0.05, 0) is 25.1 Å². The lowest BCUT2D eigenvalue weighted by atomic mass is 9.87. The number of rotatable bonds is 2. The fraction of sp³-hybridized carbons (Fsp3) is 0.200. The highest BCUT2D eigenvalue weighted by Crippen LogP contribution is 2.44. The molecule has 2 N–H and O–H groups in total. The van der Waals surface area contributed by atoms with E-state index in [1.165, 1.54) is 19.4 Å². The molecule has 0 bridgehead atoms. The Labute approximate surface area is 126 Å². The molecule has 5 nitrogen and oxygen atoms in total. The molecule has 1 aromatic heterocycles. The maximum Gasteiger partial charge on any atom is 0.267 e. The molecule has 1 aliphatic heterocycles. The van der Waals surface area contributed by atoms with Crippen LogP contribution in [0.5, 0.6) is 5.75 Å². The van der Waals surface area contributed by atoms with Crippen molar-refractivity contribution in [2.75, 3.05) is 12.4 Å². The summed E-state index contributed by atoms with van der Waals surface area (Å²) in [7, 11) is 1.49. The largest absolute Gasteiger partial charge is 0.496 e. The van der Waals surface area contributed by atoms with Crippen molar-refractivity contribution in [3.63, 3.8) is 0 Å². The van der Waals surface area contributed by atoms with E-state index in [4.69, 9.17) is 16.3 Å². The normalized spacial score (nSPS) is 20.1. The van der Waals surface area contributed by atoms with Crippen LogP contribution in [0.2, 0.25) is 5.02 Å². The fourth-order valence-electron chi connectivity index (χ4n) is 2.51. The number of carbonyl (C=O) groups excluding carboxylic acids is 1. The van der Waals surface area contributed by atoms with Crippen LogP contribution in [0, 0.1) is 6.92 Å². The number of aryl methyl sites for hydroxylation is 1. The van der Waals surface area contributed by atoms with Crippen molar-refractivity contribution in [2.24, 2.45) is 0 Å². The van der Waals surface area contributed by atoms with E-state index < -0.39 is 11.5 Å². The Morgan fingerprint density at radius 3 is 2.81 bits per heavy atom. The minimum Gasteiger partial charge on any atom is -0.496 e. The lowest BCUT2D eigenvalue weighted by Crippen LogP contribution is -2.35. The van der Waals surface area contributed by atoms with Gasteiger partial charge in [0.1, 0.15) is 11.6 Å². The van der Waals surface area contributed by atoms with Crippen LogP contribution in [-0.2, 0) is 10.4 Å². The summed E-state index contributed by atoms with van der Waals surface area (Å²) >= 11 is 5.95. The molecule has 21 heavy (non-hydrogen) atoms. The average molecular weight is 305 g/mol. The number of hydrogen-bond donors (Lipinski definition) is 2. The number of aliphatic hydroxyl groups is 1. The second-order valence-electron chi connectivity index (χ2n) is 4.92. The standard InChI is InChI=1S/C15H13ClN2O3/c1-8-3-4-12(21-2)10(5-8)15(20)11-6-9(16)7-17-13(11)18-14(15)19/h3-7,20H,1-2H3,(H,17,18,19). The number of nitrogens with zero attached hydrogens (tertiary/aromatic N) is 1. The molecule has 0 aliphatic carbocycles. The van der Waals surface area contributed by atoms with Crippen LogP contribution in [0.3, 0.4) is 0 Å². The Kier molecular flexibility index (Phi) is 3.11. The number of benzene rings is 1. The highest BCUT2D eigenvalue weighted by Gasteiger charge is 2.49. The summed E-state index contributed by atoms with van der Waals surface area (Å²) in [5, 5.41) is 14.0. The van der Waals surface area contributed by atoms with Gasteiger partial charge in [0.05, 0.1) is 12.1 Å². The predicted octanol–water partition coefficient (Wildman–Crippen LogP) is 2.24. The van der Waals surface area contributed by atoms with Crippen LogP contribution in [0.1, 0.15) is 16.7 Å². The molecule has 0 saturated carbocycles. The van der Waals surface area contributed by atoms with Gasteiger partial charge in [0.25, 0.3) is 5.91 Å². The lowest BCUT2D eigenvalue weighted by molar-refractivity contribution is -0.129. The summed E-state index contributed by atoms with van der Waals surface area (Å²) in [5.74, 6) is 0.151. The van der Waals surface area contributed by atoms with E-state index in [1.54, 1.807) is 12.1 Å². The third-order valence-electron chi connectivity index (χ3n) is 3.55. The number of aromatic nitrogens is 1. The minimum absolute atomic E-state index is 0.301. The Hall–Kier alpha value is -2.11. The van der Waals surface area contributed by atoms with Crippen LogP contribution < -0.4 is 10.1 Å². The average Bonchev–Trinajstić information content (AvgIpc) is 2.72. The molecule has 1 atom stereocenters. The number of anilines is 1. The van der Waals surface area contributed by atoms with E-state index >= 15 is 0 Å². The van der Waals surface area contributed by atoms with Gasteiger partial charge in [-0.3, -0.25) is 4.79 Å². The van der Waals surface area contributed by atoms with E-state index in [9.17, 15) is 9.90 Å². The van der Waals surface area contributed by atoms with Crippen LogP contribution in [0.4, 0.5) is 5.82 Å². The van der Waals surface area contributed by atoms with Crippen molar-refractivity contribution < 1.29 is 14.6 Å². The molecule has 0 radical (unpaired) electrons. The maximum absolute atomic E-state index is 12.3. The number of amides is 1. The zero-order chi connectivity index (χ0) is 15.2. The molecule has 1 amide bonds. The molecule has 6 heteroatoms. The summed E-state index contributed by atoms with van der Waals surface area (Å²) < 4.78 is 5.28. The molecule has 0 fully saturated rings. The SMILES string of the molecule is COc1ccc(C)cc1C1(O)C(=O)Nc2ncc(Cl)cc21. The van der Waals surface area contributed by atoms with Crippen molar-refractivity contribution in [3.05, 3.63) is 52.2 Å². The maximum atomic E-state index is 12.3. The van der Waals surface area contributed by atoms with Crippen molar-refractivity contribution in [1.82, 2.24) is 4.98 Å². The number of methoxy groups -OCH3 is 1. The molecule has 108 valence electrons. The summed E-state index contributed by atoms with van der Waals surface area (Å²) in [6.45, 7) is 1.87. The third kappa shape index (κ3) is 1.97. The molecule has 2 aromatic rings. The molecule has 3 rings (SSSR count). The van der Waals surface area contributed by atoms with E-state index in [-0.39, 0.29) is 0 Å². The number of ether oxygens (including phenoxy) is 1. The van der Waals surface area contributed by atoms with Gasteiger partial charge in [-0.1, -0.05) is 23.2 Å². The Bertz CT molecular complexity index is 748. The summed E-state index contributed by atoms with van der Waals surface area (Å²) in [6.07, 6.45) is 1.42. The van der Waals surface area contributed by atoms with Gasteiger partial charge in [-0.2, -0.15) is 0 Å². The number of fused-ring (bicyclic) bond motifs is 1. The zero-order valence-electron chi connectivity index (χ0n) is 11.5. The van der Waals surface area contributed by atoms with Gasteiger partial charge in [-0.15, -0.1) is 0 Å². The van der Waals surface area contributed by atoms with Crippen LogP contribution >= 0.6 is 11.6 Å². The van der Waals surface area contributed by atoms with E-state index in [2.05, 4.69) is 10.3 Å². The monoisotopic (exact) mass is 304 g/mol. The highest BCUT2D eigenvalue weighted by atomic mass is 35.5. The predicted molar refractivity (Wildman–Crippen MR) is 78.6 cm³/mol. The van der Waals surface area contributed by atoms with Gasteiger partial charge in [0.15, 0.2) is 0 Å². The second-order valence-corrected chi connectivity index (χ2v) is 5.35. The van der Waals surface area contributed by atoms with Crippen molar-refractivity contribution in [2.45, 2.75) is 12.5 Å². The van der Waals surface area contributed by atoms with E-state index in [1.807, 2.05) is 13.0 Å². The second kappa shape index (κ2) is 4.72. The first-order chi connectivity index (χ1) is 9.96. The first kappa shape index (κ1) is 13.9. The molecule has 0 spiro atoms. The van der Waals surface area contributed by atoms with Crippen molar-refractivity contribution >= 4 is 23.3 Å². The smallest absolute Gasteiger partial charge is 0.267 e. The number of nitrogens with one attached hydrogen (secondary N) is 1. The molecule has 0 saturated heterocycles. The van der Waals surface area contributed by atoms with Crippen LogP contribution in [-0.4, -0.2) is 23.1 Å². The summed E-state index contributed by atoms with van der Waals surface area (Å²) in [6, 6.07) is 6.81. The Morgan fingerprint density at radius 1 is 1.33 bits per heavy atom. The Morgan fingerprint density at radius 2 is 2.10 bits per heavy atom. The van der Waals surface area contributed by atoms with Gasteiger partial charge >= 0.3 is 0 Å². The molecular weight excluding hydrogens is 292 g/mol. The number of hydrogen-bond acceptors (Lipinski definition) is 4. The van der Waals surface area contributed by atoms with Crippen LogP contribution in [0.15, 0.2) is 30.5 Å². The first-order valence-electron chi connectivity index (χ1n) is 6.31. The van der Waals surface area contributed by atoms with E-state index in [0.29, 0.717) is 27.7 Å². The first-order valence-corrected chi connectivity index (χ1v) is 6.69. The van der Waals surface area contributed by atoms with E-state index in [0.717, 1.165) is 5.56 Å². The van der Waals surface area contributed by atoms with Gasteiger partial charge in [0, 0.05) is 17.3 Å². The quantitative estimate of drug-likeness (QED) is 0.892. The number of halogens is 1. The third-order valence-corrected chi connectivity index (χ3v) is 3.76. The minimum atomic E-state index is -1.87. The highest BCUT2D eigenvalue weighted by molar-refractivity contribution is 6.30. The summed E-state index contributed by atoms with van der Waals surface area (Å²) in [4.78, 5) is 16.4. The van der Waals surface area contributed by atoms with Gasteiger partial charge < -0.3 is 15.2 Å². The molecule has 1 aromatic carbocycles. The molecule has 1 unspecified atom stereocenters. The topological polar surface area (TPSA) is 71.5 Å². The zero-order valence-corrected chi connectivity index (χ0v) is 12.2. The summed E-state index contributed by atoms with van der Waals surface area (Å²) in [5.41, 5.74) is -0.283. The number of pyridine rings is 1. The van der Waals surface area contributed by atoms with Gasteiger partial charge in [0.2, 0.25) is 5.60 Å². The Balaban J connectivity index is 2.29. The van der Waals surface area contributed by atoms with Crippen LogP contribution in [0.25, 0.3) is 0 Å². The fourth-order valence-corrected chi connectivity index (χ4v) is 2.66. The van der Waals surface area contributed by atoms with Crippen molar-refractivity contribution in [3.8, 4) is 5.75 Å². The van der Waals surface area contributed by atoms with Crippen molar-refractivity contribution in [1.29, 1.82) is 0 Å². The number of carbonyl (C=O) groups is 1. The molecular formula is C15H13ClN2O3.